The van der Waals surface area contributed by atoms with Crippen molar-refractivity contribution in [3.05, 3.63) is 46.2 Å². The summed E-state index contributed by atoms with van der Waals surface area (Å²) in [5, 5.41) is 11.7. The van der Waals surface area contributed by atoms with Crippen LogP contribution >= 0.6 is 11.3 Å². The molecule has 0 saturated carbocycles. The molecule has 2 aromatic rings. The number of nitrogens with one attached hydrogen (secondary N) is 1. The lowest BCUT2D eigenvalue weighted by Crippen LogP contribution is -2.25. The van der Waals surface area contributed by atoms with Gasteiger partial charge in [0.2, 0.25) is 0 Å². The Morgan fingerprint density at radius 1 is 1.35 bits per heavy atom. The van der Waals surface area contributed by atoms with Crippen molar-refractivity contribution < 1.29 is 23.9 Å². The van der Waals surface area contributed by atoms with Crippen LogP contribution in [0.5, 0.6) is 0 Å². The first-order chi connectivity index (χ1) is 10.9. The molecule has 1 aromatic heterocycles. The molecule has 0 saturated heterocycles. The Kier molecular flexibility index (Phi) is 3.91. The molecule has 6 nitrogen and oxygen atoms in total. The molecule has 1 amide bonds. The standard InChI is InChI=1S/C15H11FN2O4S/c16-9-3-1-2-7(4-9)13(20)18-15-17-10-5-8(14(21)22)6-11(19)12(10)23-15/h1-4,8H,5-6H2,(H,21,22)(H,17,18,20)/t8-/m1/s1. The van der Waals surface area contributed by atoms with Gasteiger partial charge in [0.1, 0.15) is 5.82 Å². The number of anilines is 1. The molecule has 0 aliphatic heterocycles. The summed E-state index contributed by atoms with van der Waals surface area (Å²) in [5.41, 5.74) is 0.515. The van der Waals surface area contributed by atoms with Crippen molar-refractivity contribution in [3.63, 3.8) is 0 Å². The number of amides is 1. The van der Waals surface area contributed by atoms with Crippen LogP contribution in [0.2, 0.25) is 0 Å². The maximum Gasteiger partial charge on any atom is 0.307 e. The van der Waals surface area contributed by atoms with Crippen LogP contribution in [0.25, 0.3) is 0 Å². The third-order valence-electron chi connectivity index (χ3n) is 3.48. The van der Waals surface area contributed by atoms with Gasteiger partial charge in [-0.15, -0.1) is 0 Å². The number of carboxylic acid groups (broad SMARTS) is 1. The fraction of sp³-hybridized carbons (Fsp3) is 0.200. The number of hydrogen-bond donors (Lipinski definition) is 2. The van der Waals surface area contributed by atoms with E-state index in [1.165, 1.54) is 18.2 Å². The van der Waals surface area contributed by atoms with E-state index in [-0.39, 0.29) is 29.3 Å². The van der Waals surface area contributed by atoms with Crippen LogP contribution in [0.3, 0.4) is 0 Å². The van der Waals surface area contributed by atoms with E-state index >= 15 is 0 Å². The van der Waals surface area contributed by atoms with E-state index in [2.05, 4.69) is 10.3 Å². The first-order valence-corrected chi connectivity index (χ1v) is 7.58. The summed E-state index contributed by atoms with van der Waals surface area (Å²) in [4.78, 5) is 39.5. The second kappa shape index (κ2) is 5.88. The predicted molar refractivity (Wildman–Crippen MR) is 80.2 cm³/mol. The summed E-state index contributed by atoms with van der Waals surface area (Å²) in [6.07, 6.45) is 0.0878. The molecule has 3 rings (SSSR count). The van der Waals surface area contributed by atoms with E-state index in [0.29, 0.717) is 10.6 Å². The molecule has 1 aliphatic rings. The number of rotatable bonds is 3. The van der Waals surface area contributed by atoms with Crippen molar-refractivity contribution in [1.82, 2.24) is 4.98 Å². The topological polar surface area (TPSA) is 96.4 Å². The lowest BCUT2D eigenvalue weighted by molar-refractivity contribution is -0.141. The summed E-state index contributed by atoms with van der Waals surface area (Å²) in [6.45, 7) is 0. The van der Waals surface area contributed by atoms with Crippen LogP contribution in [0.1, 0.15) is 32.1 Å². The zero-order valence-electron chi connectivity index (χ0n) is 11.7. The molecule has 0 bridgehead atoms. The van der Waals surface area contributed by atoms with Gasteiger partial charge >= 0.3 is 5.97 Å². The Labute approximate surface area is 134 Å². The molecule has 1 aliphatic carbocycles. The number of ketones is 1. The van der Waals surface area contributed by atoms with E-state index < -0.39 is 23.6 Å². The Hall–Kier alpha value is -2.61. The Morgan fingerprint density at radius 2 is 2.13 bits per heavy atom. The number of carbonyl (C=O) groups excluding carboxylic acids is 2. The van der Waals surface area contributed by atoms with E-state index in [9.17, 15) is 18.8 Å². The highest BCUT2D eigenvalue weighted by Gasteiger charge is 2.33. The molecule has 1 heterocycles. The van der Waals surface area contributed by atoms with Crippen molar-refractivity contribution in [2.45, 2.75) is 12.8 Å². The number of aromatic nitrogens is 1. The van der Waals surface area contributed by atoms with Gasteiger partial charge in [-0.3, -0.25) is 19.7 Å². The van der Waals surface area contributed by atoms with Gasteiger partial charge in [0, 0.05) is 18.4 Å². The Morgan fingerprint density at radius 3 is 2.83 bits per heavy atom. The molecule has 0 unspecified atom stereocenters. The lowest BCUT2D eigenvalue weighted by atomic mass is 9.90. The monoisotopic (exact) mass is 334 g/mol. The molecule has 0 spiro atoms. The van der Waals surface area contributed by atoms with Crippen molar-refractivity contribution in [3.8, 4) is 0 Å². The quantitative estimate of drug-likeness (QED) is 0.898. The molecule has 8 heteroatoms. The minimum atomic E-state index is -1.04. The summed E-state index contributed by atoms with van der Waals surface area (Å²) in [5.74, 6) is -3.19. The predicted octanol–water partition coefficient (Wildman–Crippen LogP) is 2.36. The Balaban J connectivity index is 1.81. The molecular formula is C15H11FN2O4S. The van der Waals surface area contributed by atoms with Gasteiger partial charge in [0.15, 0.2) is 10.9 Å². The van der Waals surface area contributed by atoms with Crippen molar-refractivity contribution in [1.29, 1.82) is 0 Å². The first kappa shape index (κ1) is 15.3. The van der Waals surface area contributed by atoms with Gasteiger partial charge in [-0.25, -0.2) is 9.37 Å². The second-order valence-electron chi connectivity index (χ2n) is 5.13. The van der Waals surface area contributed by atoms with Crippen LogP contribution < -0.4 is 5.32 Å². The third-order valence-corrected chi connectivity index (χ3v) is 4.53. The average molecular weight is 334 g/mol. The summed E-state index contributed by atoms with van der Waals surface area (Å²) in [7, 11) is 0. The van der Waals surface area contributed by atoms with Gasteiger partial charge in [-0.05, 0) is 18.2 Å². The molecular weight excluding hydrogens is 323 g/mol. The van der Waals surface area contributed by atoms with Crippen LogP contribution in [-0.2, 0) is 11.2 Å². The molecule has 1 atom stereocenters. The first-order valence-electron chi connectivity index (χ1n) is 6.76. The zero-order chi connectivity index (χ0) is 16.6. The molecule has 0 radical (unpaired) electrons. The fourth-order valence-electron chi connectivity index (χ4n) is 2.36. The van der Waals surface area contributed by atoms with Crippen molar-refractivity contribution in [2.24, 2.45) is 5.92 Å². The normalized spacial score (nSPS) is 16.7. The minimum Gasteiger partial charge on any atom is -0.481 e. The number of benzene rings is 1. The largest absolute Gasteiger partial charge is 0.481 e. The van der Waals surface area contributed by atoms with E-state index in [1.54, 1.807) is 0 Å². The number of fused-ring (bicyclic) bond motifs is 1. The summed E-state index contributed by atoms with van der Waals surface area (Å²) >= 11 is 1.01. The SMILES string of the molecule is O=C(Nc1nc2c(s1)C(=O)C[C@H](C(=O)O)C2)c1cccc(F)c1. The zero-order valence-corrected chi connectivity index (χ0v) is 12.5. The number of thiazole rings is 1. The molecule has 1 aromatic carbocycles. The van der Waals surface area contributed by atoms with Crippen molar-refractivity contribution >= 4 is 34.1 Å². The number of Topliss-reactive ketones (excluding diaryl/α,β-unsaturated/α-hetero) is 1. The Bertz CT molecular complexity index is 818. The maximum atomic E-state index is 13.1. The highest BCUT2D eigenvalue weighted by atomic mass is 32.1. The average Bonchev–Trinajstić information content (AvgIpc) is 2.90. The number of nitrogens with zero attached hydrogens (tertiary/aromatic N) is 1. The highest BCUT2D eigenvalue weighted by molar-refractivity contribution is 7.17. The van der Waals surface area contributed by atoms with Crippen molar-refractivity contribution in [2.75, 3.05) is 5.32 Å². The second-order valence-corrected chi connectivity index (χ2v) is 6.12. The highest BCUT2D eigenvalue weighted by Crippen LogP contribution is 2.32. The van der Waals surface area contributed by atoms with Gasteiger partial charge in [0.05, 0.1) is 16.5 Å². The van der Waals surface area contributed by atoms with E-state index in [0.717, 1.165) is 17.4 Å². The molecule has 0 fully saturated rings. The molecule has 2 N–H and O–H groups in total. The van der Waals surface area contributed by atoms with Crippen LogP contribution in [0, 0.1) is 11.7 Å². The summed E-state index contributed by atoms with van der Waals surface area (Å²) in [6, 6.07) is 5.19. The molecule has 23 heavy (non-hydrogen) atoms. The summed E-state index contributed by atoms with van der Waals surface area (Å²) < 4.78 is 13.1. The smallest absolute Gasteiger partial charge is 0.307 e. The van der Waals surface area contributed by atoms with E-state index in [4.69, 9.17) is 5.11 Å². The molecule has 118 valence electrons. The number of carbonyl (C=O) groups is 3. The maximum absolute atomic E-state index is 13.1. The van der Waals surface area contributed by atoms with Crippen LogP contribution in [0.15, 0.2) is 24.3 Å². The van der Waals surface area contributed by atoms with Gasteiger partial charge in [-0.2, -0.15) is 0 Å². The fourth-order valence-corrected chi connectivity index (χ4v) is 3.29. The van der Waals surface area contributed by atoms with Crippen LogP contribution in [-0.4, -0.2) is 27.8 Å². The minimum absolute atomic E-state index is 0.0676. The third kappa shape index (κ3) is 3.11. The van der Waals surface area contributed by atoms with E-state index in [1.807, 2.05) is 0 Å². The van der Waals surface area contributed by atoms with Crippen LogP contribution in [0.4, 0.5) is 9.52 Å². The lowest BCUT2D eigenvalue weighted by Gasteiger charge is -2.15. The van der Waals surface area contributed by atoms with Gasteiger partial charge < -0.3 is 5.11 Å². The number of hydrogen-bond acceptors (Lipinski definition) is 5. The number of carboxylic acids is 1. The van der Waals surface area contributed by atoms with Gasteiger partial charge in [-0.1, -0.05) is 17.4 Å². The number of halogens is 1. The number of aliphatic carboxylic acids is 1. The van der Waals surface area contributed by atoms with Gasteiger partial charge in [0.25, 0.3) is 5.91 Å².